The molecule has 1 unspecified atom stereocenters. The zero-order valence-electron chi connectivity index (χ0n) is 15.1. The summed E-state index contributed by atoms with van der Waals surface area (Å²) in [5, 5.41) is 4.23. The third-order valence-electron chi connectivity index (χ3n) is 5.76. The highest BCUT2D eigenvalue weighted by atomic mass is 16.5. The van der Waals surface area contributed by atoms with Crippen molar-refractivity contribution in [3.05, 3.63) is 34.6 Å². The van der Waals surface area contributed by atoms with Gasteiger partial charge in [-0.05, 0) is 38.3 Å². The van der Waals surface area contributed by atoms with Gasteiger partial charge in [0, 0.05) is 43.6 Å². The first-order chi connectivity index (χ1) is 12.0. The molecule has 0 aliphatic carbocycles. The molecule has 2 saturated heterocycles. The summed E-state index contributed by atoms with van der Waals surface area (Å²) in [6, 6.07) is 4.12. The third kappa shape index (κ3) is 2.66. The molecule has 2 aromatic rings. The molecule has 4 rings (SSSR count). The Bertz CT molecular complexity index is 817. The fraction of sp³-hybridized carbons (Fsp3) is 0.550. The lowest BCUT2D eigenvalue weighted by Crippen LogP contribution is -2.52. The van der Waals surface area contributed by atoms with Gasteiger partial charge in [-0.2, -0.15) is 0 Å². The van der Waals surface area contributed by atoms with Gasteiger partial charge in [0.15, 0.2) is 5.76 Å². The predicted octanol–water partition coefficient (Wildman–Crippen LogP) is 3.43. The summed E-state index contributed by atoms with van der Waals surface area (Å²) in [7, 11) is 0. The van der Waals surface area contributed by atoms with Crippen molar-refractivity contribution in [1.82, 2.24) is 5.32 Å². The van der Waals surface area contributed by atoms with Crippen molar-refractivity contribution >= 4 is 16.9 Å². The van der Waals surface area contributed by atoms with Crippen LogP contribution in [0.4, 0.5) is 0 Å². The van der Waals surface area contributed by atoms with Crippen LogP contribution >= 0.6 is 0 Å². The second-order valence-corrected chi connectivity index (χ2v) is 7.30. The van der Waals surface area contributed by atoms with Gasteiger partial charge in [0.2, 0.25) is 0 Å². The Morgan fingerprint density at radius 3 is 2.56 bits per heavy atom. The van der Waals surface area contributed by atoms with Gasteiger partial charge < -0.3 is 19.2 Å². The second kappa shape index (κ2) is 6.15. The van der Waals surface area contributed by atoms with Gasteiger partial charge in [-0.3, -0.25) is 4.79 Å². The first-order valence-corrected chi connectivity index (χ1v) is 9.04. The standard InChI is InChI=1S/C20H25NO4/c1-12-4-5-13(2)17-16(12)14(3)18(25-17)19(22)21-15-6-9-24-20(15)7-10-23-11-8-20/h4-5,15H,6-11H2,1-3H3,(H,21,22). The summed E-state index contributed by atoms with van der Waals surface area (Å²) in [4.78, 5) is 12.9. The number of hydrogen-bond donors (Lipinski definition) is 1. The number of hydrogen-bond acceptors (Lipinski definition) is 4. The van der Waals surface area contributed by atoms with Crippen molar-refractivity contribution in [1.29, 1.82) is 0 Å². The molecule has 2 aliphatic heterocycles. The lowest BCUT2D eigenvalue weighted by molar-refractivity contribution is -0.0873. The molecule has 2 aliphatic rings. The summed E-state index contributed by atoms with van der Waals surface area (Å²) in [6.45, 7) is 8.08. The minimum absolute atomic E-state index is 0.0127. The van der Waals surface area contributed by atoms with Crippen LogP contribution in [0.3, 0.4) is 0 Å². The molecule has 1 aromatic heterocycles. The molecule has 5 nitrogen and oxygen atoms in total. The van der Waals surface area contributed by atoms with Crippen molar-refractivity contribution in [3.8, 4) is 0 Å². The Hall–Kier alpha value is -1.85. The van der Waals surface area contributed by atoms with Crippen LogP contribution in [0.25, 0.3) is 11.0 Å². The molecule has 1 spiro atoms. The molecular formula is C20H25NO4. The first-order valence-electron chi connectivity index (χ1n) is 9.04. The van der Waals surface area contributed by atoms with Crippen LogP contribution in [-0.2, 0) is 9.47 Å². The second-order valence-electron chi connectivity index (χ2n) is 7.30. The number of carbonyl (C=O) groups is 1. The van der Waals surface area contributed by atoms with Gasteiger partial charge in [0.05, 0.1) is 11.6 Å². The summed E-state index contributed by atoms with van der Waals surface area (Å²) in [5.41, 5.74) is 3.62. The number of amides is 1. The van der Waals surface area contributed by atoms with E-state index in [1.165, 1.54) is 0 Å². The van der Waals surface area contributed by atoms with E-state index in [-0.39, 0.29) is 17.6 Å². The summed E-state index contributed by atoms with van der Waals surface area (Å²) >= 11 is 0. The maximum Gasteiger partial charge on any atom is 0.287 e. The van der Waals surface area contributed by atoms with Gasteiger partial charge in [0.25, 0.3) is 5.91 Å². The number of aryl methyl sites for hydroxylation is 3. The van der Waals surface area contributed by atoms with Gasteiger partial charge >= 0.3 is 0 Å². The quantitative estimate of drug-likeness (QED) is 0.907. The van der Waals surface area contributed by atoms with Crippen LogP contribution in [0.15, 0.2) is 16.5 Å². The molecule has 1 amide bonds. The van der Waals surface area contributed by atoms with E-state index in [0.717, 1.165) is 46.9 Å². The van der Waals surface area contributed by atoms with E-state index in [4.69, 9.17) is 13.9 Å². The topological polar surface area (TPSA) is 60.7 Å². The Kier molecular flexibility index (Phi) is 4.08. The molecule has 1 atom stereocenters. The molecule has 5 heteroatoms. The molecule has 3 heterocycles. The molecule has 2 fully saturated rings. The fourth-order valence-corrected chi connectivity index (χ4v) is 4.27. The highest BCUT2D eigenvalue weighted by Gasteiger charge is 2.46. The number of carbonyl (C=O) groups excluding carboxylic acids is 1. The lowest BCUT2D eigenvalue weighted by Gasteiger charge is -2.37. The van der Waals surface area contributed by atoms with E-state index in [1.54, 1.807) is 0 Å². The van der Waals surface area contributed by atoms with Crippen LogP contribution in [0.5, 0.6) is 0 Å². The van der Waals surface area contributed by atoms with Crippen LogP contribution in [0.1, 0.15) is 46.5 Å². The monoisotopic (exact) mass is 343 g/mol. The van der Waals surface area contributed by atoms with E-state index in [0.29, 0.717) is 25.6 Å². The number of ether oxygens (including phenoxy) is 2. The fourth-order valence-electron chi connectivity index (χ4n) is 4.27. The van der Waals surface area contributed by atoms with E-state index >= 15 is 0 Å². The maximum absolute atomic E-state index is 12.9. The summed E-state index contributed by atoms with van der Waals surface area (Å²) in [6.07, 6.45) is 2.49. The van der Waals surface area contributed by atoms with Gasteiger partial charge in [-0.1, -0.05) is 12.1 Å². The van der Waals surface area contributed by atoms with Crippen molar-refractivity contribution in [3.63, 3.8) is 0 Å². The Morgan fingerprint density at radius 1 is 1.12 bits per heavy atom. The molecule has 25 heavy (non-hydrogen) atoms. The van der Waals surface area contributed by atoms with E-state index < -0.39 is 0 Å². The third-order valence-corrected chi connectivity index (χ3v) is 5.76. The molecule has 0 bridgehead atoms. The van der Waals surface area contributed by atoms with Crippen LogP contribution < -0.4 is 5.32 Å². The van der Waals surface area contributed by atoms with Gasteiger partial charge in [0.1, 0.15) is 5.58 Å². The minimum atomic E-state index is -0.278. The van der Waals surface area contributed by atoms with Crippen molar-refractivity contribution < 1.29 is 18.7 Å². The van der Waals surface area contributed by atoms with Gasteiger partial charge in [-0.25, -0.2) is 0 Å². The molecule has 134 valence electrons. The van der Waals surface area contributed by atoms with Crippen LogP contribution in [-0.4, -0.2) is 37.4 Å². The van der Waals surface area contributed by atoms with Gasteiger partial charge in [-0.15, -0.1) is 0 Å². The average molecular weight is 343 g/mol. The zero-order valence-corrected chi connectivity index (χ0v) is 15.1. The Labute approximate surface area is 147 Å². The number of benzene rings is 1. The van der Waals surface area contributed by atoms with E-state index in [1.807, 2.05) is 26.8 Å². The van der Waals surface area contributed by atoms with Crippen LogP contribution in [0, 0.1) is 20.8 Å². The molecule has 1 aromatic carbocycles. The Balaban J connectivity index is 1.63. The number of rotatable bonds is 2. The number of fused-ring (bicyclic) bond motifs is 1. The average Bonchev–Trinajstić information content (AvgIpc) is 3.14. The van der Waals surface area contributed by atoms with Crippen molar-refractivity contribution in [2.24, 2.45) is 0 Å². The number of nitrogens with one attached hydrogen (secondary N) is 1. The van der Waals surface area contributed by atoms with Crippen molar-refractivity contribution in [2.75, 3.05) is 19.8 Å². The smallest absolute Gasteiger partial charge is 0.287 e. The molecule has 1 N–H and O–H groups in total. The van der Waals surface area contributed by atoms with Crippen molar-refractivity contribution in [2.45, 2.75) is 51.7 Å². The normalized spacial score (nSPS) is 22.6. The maximum atomic E-state index is 12.9. The van der Waals surface area contributed by atoms with E-state index in [9.17, 15) is 4.79 Å². The number of furan rings is 1. The van der Waals surface area contributed by atoms with E-state index in [2.05, 4.69) is 11.4 Å². The largest absolute Gasteiger partial charge is 0.450 e. The summed E-state index contributed by atoms with van der Waals surface area (Å²) in [5.74, 6) is 0.273. The van der Waals surface area contributed by atoms with Crippen LogP contribution in [0.2, 0.25) is 0 Å². The zero-order chi connectivity index (χ0) is 17.6. The predicted molar refractivity (Wildman–Crippen MR) is 95.0 cm³/mol. The molecular weight excluding hydrogens is 318 g/mol. The minimum Gasteiger partial charge on any atom is -0.450 e. The summed E-state index contributed by atoms with van der Waals surface area (Å²) < 4.78 is 17.5. The first kappa shape index (κ1) is 16.6. The molecule has 0 saturated carbocycles. The highest BCUT2D eigenvalue weighted by Crippen LogP contribution is 2.36. The SMILES string of the molecule is Cc1ccc(C)c2c(C)c(C(=O)NC3CCOC34CCOCC4)oc12. The lowest BCUT2D eigenvalue weighted by atomic mass is 9.86. The molecule has 0 radical (unpaired) electrons. The highest BCUT2D eigenvalue weighted by molar-refractivity contribution is 6.00. The Morgan fingerprint density at radius 2 is 1.84 bits per heavy atom.